The number of hydrogen-bond acceptors (Lipinski definition) is 1. The molecule has 2 rings (SSSR count). The van der Waals surface area contributed by atoms with Crippen LogP contribution in [0.2, 0.25) is 29.6 Å². The molecule has 0 fully saturated rings. The third-order valence-corrected chi connectivity index (χ3v) is 17.7. The molecule has 0 spiro atoms. The van der Waals surface area contributed by atoms with Gasteiger partial charge < -0.3 is 0 Å². The van der Waals surface area contributed by atoms with Crippen LogP contribution in [0.25, 0.3) is 11.3 Å². The molecule has 0 bridgehead atoms. The van der Waals surface area contributed by atoms with Crippen LogP contribution in [0.1, 0.15) is 5.69 Å². The minimum absolute atomic E-state index is 1.16. The monoisotopic (exact) mass is 497 g/mol. The van der Waals surface area contributed by atoms with Crippen LogP contribution >= 0.6 is 0 Å². The van der Waals surface area contributed by atoms with Gasteiger partial charge in [0.05, 0.1) is 0 Å². The zero-order chi connectivity index (χ0) is 15.8. The molecule has 3 heteroatoms. The Labute approximate surface area is 137 Å². The van der Waals surface area contributed by atoms with Gasteiger partial charge in [0, 0.05) is 0 Å². The van der Waals surface area contributed by atoms with Crippen molar-refractivity contribution in [1.82, 2.24) is 4.98 Å². The maximum atomic E-state index is 4.97. The van der Waals surface area contributed by atoms with Crippen LogP contribution < -0.4 is 7.16 Å². The van der Waals surface area contributed by atoms with Crippen molar-refractivity contribution in [2.75, 3.05) is 0 Å². The van der Waals surface area contributed by atoms with Crippen LogP contribution in [0.3, 0.4) is 0 Å². The van der Waals surface area contributed by atoms with Crippen molar-refractivity contribution in [2.24, 2.45) is 0 Å². The second-order valence-corrected chi connectivity index (χ2v) is 36.5. The molecule has 21 heavy (non-hydrogen) atoms. The predicted molar refractivity (Wildman–Crippen MR) is 100 cm³/mol. The first-order chi connectivity index (χ1) is 9.60. The molecule has 2 aromatic rings. The Bertz CT molecular complexity index is 635. The summed E-state index contributed by atoms with van der Waals surface area (Å²) in [5.41, 5.74) is 3.70. The Hall–Kier alpha value is -0.0326. The van der Waals surface area contributed by atoms with E-state index in [2.05, 4.69) is 73.0 Å². The predicted octanol–water partition coefficient (Wildman–Crippen LogP) is 4.15. The van der Waals surface area contributed by atoms with Crippen LogP contribution in [0.4, 0.5) is 0 Å². The number of rotatable bonds is 3. The Morgan fingerprint density at radius 3 is 1.86 bits per heavy atom. The van der Waals surface area contributed by atoms with Gasteiger partial charge in [-0.1, -0.05) is 0 Å². The van der Waals surface area contributed by atoms with E-state index in [1.807, 2.05) is 0 Å². The van der Waals surface area contributed by atoms with Crippen LogP contribution in [0, 0.1) is 6.92 Å². The Morgan fingerprint density at radius 2 is 1.38 bits per heavy atom. The zero-order valence-electron chi connectivity index (χ0n) is 14.4. The zero-order valence-corrected chi connectivity index (χ0v) is 20.1. The van der Waals surface area contributed by atoms with Gasteiger partial charge in [-0.2, -0.15) is 0 Å². The van der Waals surface area contributed by atoms with Crippen molar-refractivity contribution in [1.29, 1.82) is 0 Å². The van der Waals surface area contributed by atoms with E-state index in [9.17, 15) is 0 Å². The second-order valence-electron chi connectivity index (χ2n) is 7.88. The number of benzene rings is 1. The van der Waals surface area contributed by atoms with Gasteiger partial charge in [0.1, 0.15) is 0 Å². The molecule has 112 valence electrons. The van der Waals surface area contributed by atoms with E-state index in [0.717, 1.165) is 5.69 Å². The van der Waals surface area contributed by atoms with E-state index >= 15 is 0 Å². The molecule has 1 nitrogen and oxygen atoms in total. The van der Waals surface area contributed by atoms with Crippen molar-refractivity contribution in [3.8, 4) is 11.3 Å². The summed E-state index contributed by atoms with van der Waals surface area (Å²) in [5, 5.41) is 0. The Kier molecular flexibility index (Phi) is 5.14. The van der Waals surface area contributed by atoms with Gasteiger partial charge in [-0.25, -0.2) is 0 Å². The fourth-order valence-corrected chi connectivity index (χ4v) is 27.4. The van der Waals surface area contributed by atoms with Gasteiger partial charge in [-0.05, 0) is 0 Å². The summed E-state index contributed by atoms with van der Waals surface area (Å²) < 4.78 is 3.39. The van der Waals surface area contributed by atoms with Crippen molar-refractivity contribution in [2.45, 2.75) is 36.6 Å². The van der Waals surface area contributed by atoms with Gasteiger partial charge in [0.25, 0.3) is 0 Å². The number of pyridine rings is 1. The van der Waals surface area contributed by atoms with Gasteiger partial charge in [-0.15, -0.1) is 0 Å². The molecule has 0 saturated carbocycles. The van der Waals surface area contributed by atoms with E-state index < -0.39 is 36.8 Å². The van der Waals surface area contributed by atoms with E-state index in [4.69, 9.17) is 4.98 Å². The van der Waals surface area contributed by atoms with Crippen LogP contribution in [-0.4, -0.2) is 41.7 Å². The molecule has 0 atom stereocenters. The summed E-state index contributed by atoms with van der Waals surface area (Å²) in [6.07, 6.45) is 0. The molecule has 1 aromatic heterocycles. The summed E-state index contributed by atoms with van der Waals surface area (Å²) in [6, 6.07) is 13.0. The molecule has 0 aliphatic heterocycles. The van der Waals surface area contributed by atoms with Crippen LogP contribution in [0.15, 0.2) is 36.4 Å². The fourth-order valence-electron chi connectivity index (χ4n) is 2.97. The van der Waals surface area contributed by atoms with Gasteiger partial charge in [-0.3, -0.25) is 0 Å². The molecular weight excluding hydrogens is 468 g/mol. The number of aryl methyl sites for hydroxylation is 1. The standard InChI is InChI=1S/C12H9N.6CH3.2Sn/c1-10-6-5-9-12(13-10)11-7-3-2-4-8-11;;;;;;;;/h2-4,7-9H,1H3;6*1H3;;. The van der Waals surface area contributed by atoms with Crippen molar-refractivity contribution < 1.29 is 0 Å². The SMILES string of the molecule is Cc1nc(-c2ccccc2)c[c]([Sn]([CH3])([CH3])[CH3])[c]1[Sn]([CH3])([CH3])[CH3]. The van der Waals surface area contributed by atoms with E-state index in [0.29, 0.717) is 0 Å². The normalized spacial score (nSPS) is 12.5. The minimum atomic E-state index is -2.16. The molecule has 1 heterocycles. The van der Waals surface area contributed by atoms with E-state index in [1.165, 1.54) is 11.3 Å². The first-order valence-electron chi connectivity index (χ1n) is 7.69. The maximum absolute atomic E-state index is 4.97. The first-order valence-corrected chi connectivity index (χ1v) is 27.7. The summed E-state index contributed by atoms with van der Waals surface area (Å²) in [6.45, 7) is 2.23. The Morgan fingerprint density at radius 1 is 0.810 bits per heavy atom. The fraction of sp³-hybridized carbons (Fsp3) is 0.389. The third kappa shape index (κ3) is 4.04. The molecule has 0 amide bonds. The van der Waals surface area contributed by atoms with Crippen molar-refractivity contribution >= 4 is 43.9 Å². The molecule has 0 aliphatic rings. The average molecular weight is 495 g/mol. The summed E-state index contributed by atoms with van der Waals surface area (Å²) in [4.78, 5) is 20.1. The topological polar surface area (TPSA) is 12.9 Å². The van der Waals surface area contributed by atoms with Crippen LogP contribution in [0.5, 0.6) is 0 Å². The molecule has 0 N–H and O–H groups in total. The second kappa shape index (κ2) is 6.23. The number of aromatic nitrogens is 1. The molecule has 0 saturated heterocycles. The van der Waals surface area contributed by atoms with E-state index in [1.54, 1.807) is 7.16 Å². The third-order valence-electron chi connectivity index (χ3n) is 3.83. The first kappa shape index (κ1) is 17.3. The quantitative estimate of drug-likeness (QED) is 0.584. The number of nitrogens with zero attached hydrogens (tertiary/aromatic N) is 1. The summed E-state index contributed by atoms with van der Waals surface area (Å²) in [5.74, 6) is 0. The van der Waals surface area contributed by atoms with Crippen LogP contribution in [-0.2, 0) is 0 Å². The molecule has 0 unspecified atom stereocenters. The molecule has 0 radical (unpaired) electrons. The molecular formula is C18H27NSn2. The van der Waals surface area contributed by atoms with Gasteiger partial charge in [0.15, 0.2) is 0 Å². The van der Waals surface area contributed by atoms with Gasteiger partial charge in [0.2, 0.25) is 0 Å². The van der Waals surface area contributed by atoms with Crippen molar-refractivity contribution in [3.05, 3.63) is 42.1 Å². The Balaban J connectivity index is 2.73. The van der Waals surface area contributed by atoms with Crippen molar-refractivity contribution in [3.63, 3.8) is 0 Å². The van der Waals surface area contributed by atoms with E-state index in [-0.39, 0.29) is 0 Å². The molecule has 1 aromatic carbocycles. The van der Waals surface area contributed by atoms with Gasteiger partial charge >= 0.3 is 139 Å². The summed E-state index contributed by atoms with van der Waals surface area (Å²) >= 11 is -4.30. The number of hydrogen-bond donors (Lipinski definition) is 0. The average Bonchev–Trinajstić information content (AvgIpc) is 2.36. The summed E-state index contributed by atoms with van der Waals surface area (Å²) in [7, 11) is 0. The molecule has 0 aliphatic carbocycles.